The minimum absolute atomic E-state index is 0.313. The molecule has 0 heterocycles. The van der Waals surface area contributed by atoms with Crippen molar-refractivity contribution in [2.75, 3.05) is 25.2 Å². The molecule has 1 nitrogen and oxygen atoms in total. The molecule has 0 radical (unpaired) electrons. The van der Waals surface area contributed by atoms with Crippen molar-refractivity contribution in [2.24, 2.45) is 0 Å². The minimum atomic E-state index is -0.960. The van der Waals surface area contributed by atoms with Crippen molar-refractivity contribution >= 4 is 11.8 Å². The standard InChI is InChI=1S/C8H15FOS/c1-11-6-5-10-7-8(9)3-2-4-8/h2-7H2,1H3. The van der Waals surface area contributed by atoms with Crippen molar-refractivity contribution in [1.29, 1.82) is 0 Å². The van der Waals surface area contributed by atoms with Crippen LogP contribution < -0.4 is 0 Å². The number of ether oxygens (including phenoxy) is 1. The van der Waals surface area contributed by atoms with E-state index in [9.17, 15) is 4.39 Å². The zero-order valence-corrected chi connectivity index (χ0v) is 7.75. The van der Waals surface area contributed by atoms with Gasteiger partial charge in [0.05, 0.1) is 13.2 Å². The van der Waals surface area contributed by atoms with E-state index in [2.05, 4.69) is 0 Å². The molecule has 0 aromatic carbocycles. The normalized spacial score (nSPS) is 21.3. The molecule has 0 aliphatic heterocycles. The Bertz CT molecular complexity index is 115. The quantitative estimate of drug-likeness (QED) is 0.597. The maximum atomic E-state index is 13.2. The Morgan fingerprint density at radius 3 is 2.73 bits per heavy atom. The van der Waals surface area contributed by atoms with Crippen molar-refractivity contribution in [3.05, 3.63) is 0 Å². The molecular formula is C8H15FOS. The average Bonchev–Trinajstić information content (AvgIpc) is 1.95. The summed E-state index contributed by atoms with van der Waals surface area (Å²) in [5.41, 5.74) is -0.960. The third kappa shape index (κ3) is 2.99. The molecule has 0 atom stereocenters. The maximum Gasteiger partial charge on any atom is 0.134 e. The van der Waals surface area contributed by atoms with Crippen LogP contribution in [0.1, 0.15) is 19.3 Å². The fourth-order valence-corrected chi connectivity index (χ4v) is 1.39. The molecule has 0 unspecified atom stereocenters. The van der Waals surface area contributed by atoms with Crippen molar-refractivity contribution < 1.29 is 9.13 Å². The van der Waals surface area contributed by atoms with Crippen molar-refractivity contribution in [2.45, 2.75) is 24.9 Å². The molecular weight excluding hydrogens is 163 g/mol. The number of hydrogen-bond acceptors (Lipinski definition) is 2. The van der Waals surface area contributed by atoms with E-state index in [0.29, 0.717) is 26.1 Å². The first-order valence-corrected chi connectivity index (χ1v) is 5.42. The monoisotopic (exact) mass is 178 g/mol. The van der Waals surface area contributed by atoms with Gasteiger partial charge in [-0.05, 0) is 25.5 Å². The molecule has 0 bridgehead atoms. The van der Waals surface area contributed by atoms with E-state index in [4.69, 9.17) is 4.74 Å². The van der Waals surface area contributed by atoms with Gasteiger partial charge >= 0.3 is 0 Å². The largest absolute Gasteiger partial charge is 0.377 e. The fraction of sp³-hybridized carbons (Fsp3) is 1.00. The van der Waals surface area contributed by atoms with Gasteiger partial charge in [0.2, 0.25) is 0 Å². The summed E-state index contributed by atoms with van der Waals surface area (Å²) in [7, 11) is 0. The third-order valence-corrected chi connectivity index (χ3v) is 2.62. The summed E-state index contributed by atoms with van der Waals surface area (Å²) in [5.74, 6) is 0.968. The lowest BCUT2D eigenvalue weighted by atomic mass is 9.83. The molecule has 0 spiro atoms. The molecule has 1 fully saturated rings. The number of hydrogen-bond donors (Lipinski definition) is 0. The average molecular weight is 178 g/mol. The van der Waals surface area contributed by atoms with Crippen LogP contribution in [0.2, 0.25) is 0 Å². The van der Waals surface area contributed by atoms with E-state index >= 15 is 0 Å². The zero-order valence-electron chi connectivity index (χ0n) is 6.94. The van der Waals surface area contributed by atoms with Crippen LogP contribution in [0.3, 0.4) is 0 Å². The van der Waals surface area contributed by atoms with E-state index in [1.807, 2.05) is 6.26 Å². The Balaban J connectivity index is 1.94. The first kappa shape index (κ1) is 9.33. The van der Waals surface area contributed by atoms with Gasteiger partial charge < -0.3 is 4.74 Å². The van der Waals surface area contributed by atoms with Crippen LogP contribution in [0.4, 0.5) is 4.39 Å². The van der Waals surface area contributed by atoms with Gasteiger partial charge in [-0.3, -0.25) is 0 Å². The second kappa shape index (κ2) is 4.31. The Hall–Kier alpha value is 0.240. The van der Waals surface area contributed by atoms with Gasteiger partial charge in [0.25, 0.3) is 0 Å². The van der Waals surface area contributed by atoms with E-state index in [-0.39, 0.29) is 0 Å². The van der Waals surface area contributed by atoms with Crippen LogP contribution in [0.5, 0.6) is 0 Å². The summed E-state index contributed by atoms with van der Waals surface area (Å²) < 4.78 is 18.4. The van der Waals surface area contributed by atoms with E-state index in [0.717, 1.165) is 12.2 Å². The lowest BCUT2D eigenvalue weighted by molar-refractivity contribution is -0.0298. The molecule has 11 heavy (non-hydrogen) atoms. The van der Waals surface area contributed by atoms with Crippen LogP contribution in [0.15, 0.2) is 0 Å². The van der Waals surface area contributed by atoms with Crippen molar-refractivity contribution in [3.8, 4) is 0 Å². The molecule has 0 saturated heterocycles. The Labute approximate surface area is 71.7 Å². The summed E-state index contributed by atoms with van der Waals surface area (Å²) in [5, 5.41) is 0. The highest BCUT2D eigenvalue weighted by Crippen LogP contribution is 2.35. The summed E-state index contributed by atoms with van der Waals surface area (Å²) in [4.78, 5) is 0. The van der Waals surface area contributed by atoms with Crippen molar-refractivity contribution in [1.82, 2.24) is 0 Å². The highest BCUT2D eigenvalue weighted by Gasteiger charge is 2.36. The molecule has 1 rings (SSSR count). The SMILES string of the molecule is CSCCOCC1(F)CCC1. The summed E-state index contributed by atoms with van der Waals surface area (Å²) in [6.45, 7) is 1.00. The Morgan fingerprint density at radius 2 is 2.27 bits per heavy atom. The highest BCUT2D eigenvalue weighted by molar-refractivity contribution is 7.98. The van der Waals surface area contributed by atoms with Crippen molar-refractivity contribution in [3.63, 3.8) is 0 Å². The van der Waals surface area contributed by atoms with Crippen LogP contribution in [-0.2, 0) is 4.74 Å². The number of alkyl halides is 1. The number of rotatable bonds is 5. The molecule has 0 aromatic rings. The number of thioether (sulfide) groups is 1. The fourth-order valence-electron chi connectivity index (χ4n) is 1.10. The minimum Gasteiger partial charge on any atom is -0.377 e. The zero-order chi connectivity index (χ0) is 8.16. The lowest BCUT2D eigenvalue weighted by Gasteiger charge is -2.33. The molecule has 66 valence electrons. The topological polar surface area (TPSA) is 9.23 Å². The van der Waals surface area contributed by atoms with Crippen LogP contribution in [0, 0.1) is 0 Å². The van der Waals surface area contributed by atoms with Crippen LogP contribution >= 0.6 is 11.8 Å². The molecule has 3 heteroatoms. The van der Waals surface area contributed by atoms with Crippen LogP contribution in [-0.4, -0.2) is 30.9 Å². The summed E-state index contributed by atoms with van der Waals surface area (Å²) >= 11 is 1.73. The van der Waals surface area contributed by atoms with E-state index in [1.54, 1.807) is 11.8 Å². The van der Waals surface area contributed by atoms with Gasteiger partial charge in [0.1, 0.15) is 5.67 Å². The smallest absolute Gasteiger partial charge is 0.134 e. The molecule has 1 aliphatic carbocycles. The highest BCUT2D eigenvalue weighted by atomic mass is 32.2. The van der Waals surface area contributed by atoms with Gasteiger partial charge in [-0.1, -0.05) is 0 Å². The first-order valence-electron chi connectivity index (χ1n) is 4.02. The van der Waals surface area contributed by atoms with Gasteiger partial charge in [0.15, 0.2) is 0 Å². The van der Waals surface area contributed by atoms with E-state index < -0.39 is 5.67 Å². The Morgan fingerprint density at radius 1 is 1.55 bits per heavy atom. The van der Waals surface area contributed by atoms with Gasteiger partial charge in [-0.2, -0.15) is 11.8 Å². The van der Waals surface area contributed by atoms with Gasteiger partial charge in [-0.25, -0.2) is 4.39 Å². The van der Waals surface area contributed by atoms with Gasteiger partial charge in [-0.15, -0.1) is 0 Å². The maximum absolute atomic E-state index is 13.2. The predicted molar refractivity (Wildman–Crippen MR) is 46.9 cm³/mol. The van der Waals surface area contributed by atoms with Gasteiger partial charge in [0, 0.05) is 5.75 Å². The third-order valence-electron chi connectivity index (χ3n) is 2.04. The second-order valence-corrected chi connectivity index (χ2v) is 4.04. The first-order chi connectivity index (χ1) is 5.27. The second-order valence-electron chi connectivity index (χ2n) is 3.05. The molecule has 1 aliphatic rings. The van der Waals surface area contributed by atoms with E-state index in [1.165, 1.54) is 0 Å². The lowest BCUT2D eigenvalue weighted by Crippen LogP contribution is -2.37. The molecule has 0 amide bonds. The predicted octanol–water partition coefficient (Wildman–Crippen LogP) is 2.26. The van der Waals surface area contributed by atoms with Crippen LogP contribution in [0.25, 0.3) is 0 Å². The Kier molecular flexibility index (Phi) is 3.66. The summed E-state index contributed by atoms with van der Waals surface area (Å²) in [6, 6.07) is 0. The molecule has 0 N–H and O–H groups in total. The molecule has 0 aromatic heterocycles. The summed E-state index contributed by atoms with van der Waals surface area (Å²) in [6.07, 6.45) is 4.46. The number of halogens is 1. The molecule has 1 saturated carbocycles.